The molecule has 0 aliphatic carbocycles. The Hall–Kier alpha value is -3.09. The van der Waals surface area contributed by atoms with Crippen molar-refractivity contribution in [1.82, 2.24) is 25.5 Å². The molecule has 0 saturated carbocycles. The molecule has 2 aromatic heterocycles. The molecule has 0 radical (unpaired) electrons. The summed E-state index contributed by atoms with van der Waals surface area (Å²) in [7, 11) is 2.07. The first kappa shape index (κ1) is 20.8. The van der Waals surface area contributed by atoms with Crippen LogP contribution in [0.15, 0.2) is 29.8 Å². The second-order valence-electron chi connectivity index (χ2n) is 9.02. The van der Waals surface area contributed by atoms with Gasteiger partial charge in [0.25, 0.3) is 0 Å². The van der Waals surface area contributed by atoms with E-state index < -0.39 is 0 Å². The summed E-state index contributed by atoms with van der Waals surface area (Å²) in [5.41, 5.74) is 1.82. The standard InChI is InChI=1S/C23H25N7OS/c1-23-7-3-4-15(27-23)9-17(10-23)30(2)20-12-25-21(29-28-20)18-6-5-14(8-19(18)31)22-26-16(11-24)13-32-22/h5-6,8,12-13,15,17,27,31H,3-4,7,9-10H2,1-2H3/t15-,17-,23+/m0/s1. The third-order valence-corrected chi connectivity index (χ3v) is 7.53. The summed E-state index contributed by atoms with van der Waals surface area (Å²) in [5.74, 6) is 1.17. The quantitative estimate of drug-likeness (QED) is 0.622. The van der Waals surface area contributed by atoms with E-state index in [-0.39, 0.29) is 11.3 Å². The summed E-state index contributed by atoms with van der Waals surface area (Å²) in [6.45, 7) is 2.32. The van der Waals surface area contributed by atoms with Crippen LogP contribution in [0.3, 0.4) is 0 Å². The second-order valence-corrected chi connectivity index (χ2v) is 9.88. The highest BCUT2D eigenvalue weighted by Crippen LogP contribution is 2.37. The number of nitrogens with one attached hydrogen (secondary N) is 1. The number of aromatic hydroxyl groups is 1. The summed E-state index contributed by atoms with van der Waals surface area (Å²) in [6.07, 6.45) is 7.65. The Morgan fingerprint density at radius 3 is 2.91 bits per heavy atom. The van der Waals surface area contributed by atoms with Crippen molar-refractivity contribution in [3.05, 3.63) is 35.5 Å². The van der Waals surface area contributed by atoms with Gasteiger partial charge >= 0.3 is 0 Å². The molecule has 5 rings (SSSR count). The molecule has 2 aliphatic rings. The zero-order valence-electron chi connectivity index (χ0n) is 18.1. The summed E-state index contributed by atoms with van der Waals surface area (Å²) in [4.78, 5) is 10.9. The molecule has 4 heterocycles. The van der Waals surface area contributed by atoms with E-state index in [4.69, 9.17) is 5.26 Å². The van der Waals surface area contributed by atoms with E-state index in [1.165, 1.54) is 30.6 Å². The molecule has 164 valence electrons. The van der Waals surface area contributed by atoms with Crippen LogP contribution in [-0.4, -0.2) is 49.9 Å². The minimum Gasteiger partial charge on any atom is -0.507 e. The van der Waals surface area contributed by atoms with Gasteiger partial charge in [0.2, 0.25) is 0 Å². The van der Waals surface area contributed by atoms with E-state index in [0.29, 0.717) is 34.2 Å². The molecule has 3 aromatic rings. The first-order chi connectivity index (χ1) is 15.4. The van der Waals surface area contributed by atoms with E-state index >= 15 is 0 Å². The number of anilines is 1. The summed E-state index contributed by atoms with van der Waals surface area (Å²) >= 11 is 1.36. The van der Waals surface area contributed by atoms with Gasteiger partial charge in [-0.15, -0.1) is 21.5 Å². The topological polar surface area (TPSA) is 111 Å². The van der Waals surface area contributed by atoms with E-state index in [1.54, 1.807) is 23.7 Å². The van der Waals surface area contributed by atoms with Gasteiger partial charge in [-0.2, -0.15) is 5.26 Å². The molecule has 2 fully saturated rings. The fourth-order valence-electron chi connectivity index (χ4n) is 4.99. The van der Waals surface area contributed by atoms with Crippen LogP contribution >= 0.6 is 11.3 Å². The van der Waals surface area contributed by atoms with Crippen molar-refractivity contribution >= 4 is 17.2 Å². The first-order valence-electron chi connectivity index (χ1n) is 10.8. The highest BCUT2D eigenvalue weighted by atomic mass is 32.1. The number of aromatic nitrogens is 4. The Labute approximate surface area is 191 Å². The maximum absolute atomic E-state index is 10.6. The molecule has 2 saturated heterocycles. The molecule has 1 aromatic carbocycles. The van der Waals surface area contributed by atoms with Gasteiger partial charge in [0.05, 0.1) is 11.8 Å². The summed E-state index contributed by atoms with van der Waals surface area (Å²) in [6, 6.07) is 8.20. The molecule has 2 N–H and O–H groups in total. The van der Waals surface area contributed by atoms with Crippen LogP contribution in [-0.2, 0) is 0 Å². The van der Waals surface area contributed by atoms with Crippen molar-refractivity contribution < 1.29 is 5.11 Å². The number of thiazole rings is 1. The van der Waals surface area contributed by atoms with Gasteiger partial charge in [-0.25, -0.2) is 9.97 Å². The van der Waals surface area contributed by atoms with Gasteiger partial charge in [-0.1, -0.05) is 12.5 Å². The fraction of sp³-hybridized carbons (Fsp3) is 0.435. The van der Waals surface area contributed by atoms with Gasteiger partial charge in [0.1, 0.15) is 16.8 Å². The molecular weight excluding hydrogens is 422 g/mol. The molecule has 0 amide bonds. The van der Waals surface area contributed by atoms with Crippen molar-refractivity contribution in [2.75, 3.05) is 11.9 Å². The molecule has 32 heavy (non-hydrogen) atoms. The van der Waals surface area contributed by atoms with Crippen molar-refractivity contribution in [2.45, 2.75) is 56.7 Å². The highest BCUT2D eigenvalue weighted by molar-refractivity contribution is 7.13. The first-order valence-corrected chi connectivity index (χ1v) is 11.7. The van der Waals surface area contributed by atoms with E-state index in [1.807, 2.05) is 12.1 Å². The van der Waals surface area contributed by atoms with Crippen LogP contribution < -0.4 is 10.2 Å². The monoisotopic (exact) mass is 447 g/mol. The number of nitrogens with zero attached hydrogens (tertiary/aromatic N) is 6. The van der Waals surface area contributed by atoms with Crippen molar-refractivity contribution in [2.24, 2.45) is 0 Å². The Bertz CT molecular complexity index is 1170. The highest BCUT2D eigenvalue weighted by Gasteiger charge is 2.40. The lowest BCUT2D eigenvalue weighted by Gasteiger charge is -2.49. The molecule has 2 aliphatic heterocycles. The van der Waals surface area contributed by atoms with Crippen LogP contribution in [0, 0.1) is 11.3 Å². The molecule has 9 heteroatoms. The number of phenols is 1. The van der Waals surface area contributed by atoms with Gasteiger partial charge < -0.3 is 15.3 Å². The normalized spacial score (nSPS) is 24.7. The van der Waals surface area contributed by atoms with Crippen LogP contribution in [0.5, 0.6) is 5.75 Å². The van der Waals surface area contributed by atoms with Gasteiger partial charge in [0.15, 0.2) is 17.3 Å². The van der Waals surface area contributed by atoms with Crippen LogP contribution in [0.4, 0.5) is 5.82 Å². The molecule has 2 bridgehead atoms. The van der Waals surface area contributed by atoms with Crippen LogP contribution in [0.25, 0.3) is 22.0 Å². The molecule has 8 nitrogen and oxygen atoms in total. The third-order valence-electron chi connectivity index (χ3n) is 6.64. The number of benzene rings is 1. The Morgan fingerprint density at radius 2 is 2.22 bits per heavy atom. The number of fused-ring (bicyclic) bond motifs is 2. The number of hydrogen-bond acceptors (Lipinski definition) is 9. The summed E-state index contributed by atoms with van der Waals surface area (Å²) in [5, 5.41) is 34.4. The largest absolute Gasteiger partial charge is 0.507 e. The zero-order chi connectivity index (χ0) is 22.3. The Morgan fingerprint density at radius 1 is 1.34 bits per heavy atom. The molecule has 0 unspecified atom stereocenters. The molecule has 3 atom stereocenters. The van der Waals surface area contributed by atoms with Gasteiger partial charge in [-0.3, -0.25) is 0 Å². The predicted molar refractivity (Wildman–Crippen MR) is 123 cm³/mol. The number of phenolic OH excluding ortho intramolecular Hbond substituents is 1. The maximum Gasteiger partial charge on any atom is 0.185 e. The van der Waals surface area contributed by atoms with E-state index in [9.17, 15) is 5.11 Å². The number of piperidine rings is 2. The van der Waals surface area contributed by atoms with Crippen LogP contribution in [0.2, 0.25) is 0 Å². The molecule has 0 spiro atoms. The van der Waals surface area contributed by atoms with Crippen molar-refractivity contribution in [1.29, 1.82) is 5.26 Å². The lowest BCUT2D eigenvalue weighted by molar-refractivity contribution is 0.140. The number of rotatable bonds is 4. The van der Waals surface area contributed by atoms with E-state index in [0.717, 1.165) is 24.2 Å². The number of hydrogen-bond donors (Lipinski definition) is 2. The fourth-order valence-corrected chi connectivity index (χ4v) is 5.74. The Balaban J connectivity index is 1.34. The van der Waals surface area contributed by atoms with Crippen molar-refractivity contribution in [3.8, 4) is 33.8 Å². The third kappa shape index (κ3) is 3.92. The van der Waals surface area contributed by atoms with Gasteiger partial charge in [0, 0.05) is 35.6 Å². The van der Waals surface area contributed by atoms with Crippen molar-refractivity contribution in [3.63, 3.8) is 0 Å². The SMILES string of the molecule is CN(c1cnc(-c2ccc(-c3nc(C#N)cs3)cc2O)nn1)[C@H]1C[C@@H]2CCC[C@](C)(C1)N2. The zero-order valence-corrected chi connectivity index (χ0v) is 18.9. The average molecular weight is 448 g/mol. The minimum absolute atomic E-state index is 0.0539. The minimum atomic E-state index is 0.0539. The second kappa shape index (κ2) is 8.11. The maximum atomic E-state index is 10.6. The smallest absolute Gasteiger partial charge is 0.185 e. The lowest BCUT2D eigenvalue weighted by Crippen LogP contribution is -2.61. The molecular formula is C23H25N7OS. The average Bonchev–Trinajstić information content (AvgIpc) is 3.27. The van der Waals surface area contributed by atoms with Crippen LogP contribution in [0.1, 0.15) is 44.7 Å². The summed E-state index contributed by atoms with van der Waals surface area (Å²) < 4.78 is 0. The Kier molecular flexibility index (Phi) is 5.27. The lowest BCUT2D eigenvalue weighted by atomic mass is 9.75. The number of nitriles is 1. The van der Waals surface area contributed by atoms with Gasteiger partial charge in [-0.05, 0) is 44.7 Å². The van der Waals surface area contributed by atoms with E-state index in [2.05, 4.69) is 44.4 Å². The predicted octanol–water partition coefficient (Wildman–Crippen LogP) is 3.74.